The molecule has 1 aliphatic rings. The lowest BCUT2D eigenvalue weighted by Gasteiger charge is -2.20. The van der Waals surface area contributed by atoms with Crippen LogP contribution >= 0.6 is 11.6 Å². The van der Waals surface area contributed by atoms with E-state index in [-0.39, 0.29) is 4.90 Å². The topological polar surface area (TPSA) is 84.9 Å². The number of anilines is 1. The van der Waals surface area contributed by atoms with Crippen LogP contribution in [0.15, 0.2) is 41.3 Å². The molecule has 28 heavy (non-hydrogen) atoms. The zero-order valence-electron chi connectivity index (χ0n) is 15.6. The number of fused-ring (bicyclic) bond motifs is 1. The van der Waals surface area contributed by atoms with E-state index in [0.29, 0.717) is 54.1 Å². The number of rotatable bonds is 6. The number of sulfonamides is 1. The summed E-state index contributed by atoms with van der Waals surface area (Å²) >= 11 is 6.17. The van der Waals surface area contributed by atoms with Crippen LogP contribution < -0.4 is 14.8 Å². The summed E-state index contributed by atoms with van der Waals surface area (Å²) in [5, 5.41) is 3.02. The standard InChI is InChI=1S/C19H21ClN2O5S/c1-3-22(4-2)28(24,25)15-7-5-14(6-8-15)21-19(23)13-11-16(20)18-17(12-13)26-9-10-27-18/h5-8,11-12H,3-4,9-10H2,1-2H3,(H,21,23). The molecule has 0 atom stereocenters. The molecule has 0 aliphatic carbocycles. The largest absolute Gasteiger partial charge is 0.486 e. The third kappa shape index (κ3) is 4.09. The minimum Gasteiger partial charge on any atom is -0.486 e. The first kappa shape index (κ1) is 20.4. The molecule has 1 aliphatic heterocycles. The second kappa shape index (κ2) is 8.38. The maximum atomic E-state index is 12.5. The highest BCUT2D eigenvalue weighted by Crippen LogP contribution is 2.38. The quantitative estimate of drug-likeness (QED) is 0.768. The molecule has 0 saturated carbocycles. The number of nitrogens with one attached hydrogen (secondary N) is 1. The van der Waals surface area contributed by atoms with Crippen LogP contribution in [0.3, 0.4) is 0 Å². The number of carbonyl (C=O) groups is 1. The molecule has 0 unspecified atom stereocenters. The van der Waals surface area contributed by atoms with Crippen LogP contribution in [0.25, 0.3) is 0 Å². The van der Waals surface area contributed by atoms with Crippen LogP contribution in [0.1, 0.15) is 24.2 Å². The summed E-state index contributed by atoms with van der Waals surface area (Å²) in [6, 6.07) is 9.11. The maximum absolute atomic E-state index is 12.5. The van der Waals surface area contributed by atoms with Crippen LogP contribution in [-0.4, -0.2) is 44.9 Å². The number of nitrogens with zero attached hydrogens (tertiary/aromatic N) is 1. The van der Waals surface area contributed by atoms with E-state index < -0.39 is 15.9 Å². The molecule has 150 valence electrons. The highest BCUT2D eigenvalue weighted by molar-refractivity contribution is 7.89. The fourth-order valence-electron chi connectivity index (χ4n) is 2.87. The van der Waals surface area contributed by atoms with Gasteiger partial charge in [-0.05, 0) is 36.4 Å². The number of hydrogen-bond donors (Lipinski definition) is 1. The molecule has 0 radical (unpaired) electrons. The molecule has 0 saturated heterocycles. The van der Waals surface area contributed by atoms with Crippen LogP contribution in [0.4, 0.5) is 5.69 Å². The number of halogens is 1. The van der Waals surface area contributed by atoms with Gasteiger partial charge in [0, 0.05) is 24.3 Å². The summed E-state index contributed by atoms with van der Waals surface area (Å²) < 4.78 is 37.3. The fourth-order valence-corrected chi connectivity index (χ4v) is 4.59. The summed E-state index contributed by atoms with van der Waals surface area (Å²) in [5.74, 6) is 0.457. The van der Waals surface area contributed by atoms with Gasteiger partial charge in [0.1, 0.15) is 13.2 Å². The zero-order valence-corrected chi connectivity index (χ0v) is 17.1. The normalized spacial score (nSPS) is 13.4. The molecule has 7 nitrogen and oxygen atoms in total. The van der Waals surface area contributed by atoms with E-state index in [1.54, 1.807) is 32.0 Å². The van der Waals surface area contributed by atoms with Gasteiger partial charge in [0.05, 0.1) is 9.92 Å². The number of benzene rings is 2. The Kier molecular flexibility index (Phi) is 6.12. The van der Waals surface area contributed by atoms with E-state index in [9.17, 15) is 13.2 Å². The lowest BCUT2D eigenvalue weighted by Crippen LogP contribution is -2.30. The number of carbonyl (C=O) groups excluding carboxylic acids is 1. The van der Waals surface area contributed by atoms with Gasteiger partial charge in [0.25, 0.3) is 5.91 Å². The SMILES string of the molecule is CCN(CC)S(=O)(=O)c1ccc(NC(=O)c2cc(Cl)c3c(c2)OCCO3)cc1. The third-order valence-corrected chi connectivity index (χ3v) is 6.66. The predicted octanol–water partition coefficient (Wildman–Crippen LogP) is 3.39. The summed E-state index contributed by atoms with van der Waals surface area (Å²) in [5.41, 5.74) is 0.781. The molecule has 2 aromatic carbocycles. The predicted molar refractivity (Wildman–Crippen MR) is 107 cm³/mol. The second-order valence-electron chi connectivity index (χ2n) is 6.05. The molecule has 0 fully saturated rings. The van der Waals surface area contributed by atoms with Gasteiger partial charge in [-0.2, -0.15) is 4.31 Å². The number of hydrogen-bond acceptors (Lipinski definition) is 5. The van der Waals surface area contributed by atoms with Crippen LogP contribution in [0.5, 0.6) is 11.5 Å². The van der Waals surface area contributed by atoms with Gasteiger partial charge in [-0.25, -0.2) is 8.42 Å². The van der Waals surface area contributed by atoms with Crippen molar-refractivity contribution in [3.05, 3.63) is 47.0 Å². The summed E-state index contributed by atoms with van der Waals surface area (Å²) in [7, 11) is -3.54. The van der Waals surface area contributed by atoms with Crippen molar-refractivity contribution in [3.8, 4) is 11.5 Å². The average molecular weight is 425 g/mol. The van der Waals surface area contributed by atoms with E-state index >= 15 is 0 Å². The average Bonchev–Trinajstić information content (AvgIpc) is 2.69. The van der Waals surface area contributed by atoms with Gasteiger partial charge in [-0.15, -0.1) is 0 Å². The van der Waals surface area contributed by atoms with Crippen molar-refractivity contribution in [1.82, 2.24) is 4.31 Å². The Balaban J connectivity index is 1.78. The van der Waals surface area contributed by atoms with Gasteiger partial charge in [0.2, 0.25) is 10.0 Å². The van der Waals surface area contributed by atoms with Crippen LogP contribution in [-0.2, 0) is 10.0 Å². The van der Waals surface area contributed by atoms with Crippen molar-refractivity contribution in [1.29, 1.82) is 0 Å². The Morgan fingerprint density at radius 1 is 1.11 bits per heavy atom. The lowest BCUT2D eigenvalue weighted by atomic mass is 10.1. The third-order valence-electron chi connectivity index (χ3n) is 4.31. The molecule has 1 amide bonds. The summed E-state index contributed by atoms with van der Waals surface area (Å²) in [6.07, 6.45) is 0. The van der Waals surface area contributed by atoms with Gasteiger partial charge in [-0.1, -0.05) is 25.4 Å². The van der Waals surface area contributed by atoms with Crippen molar-refractivity contribution in [2.75, 3.05) is 31.6 Å². The van der Waals surface area contributed by atoms with Crippen molar-refractivity contribution in [3.63, 3.8) is 0 Å². The molecule has 3 rings (SSSR count). The lowest BCUT2D eigenvalue weighted by molar-refractivity contribution is 0.102. The van der Waals surface area contributed by atoms with Gasteiger partial charge >= 0.3 is 0 Å². The molecule has 1 heterocycles. The van der Waals surface area contributed by atoms with Gasteiger partial charge in [0.15, 0.2) is 11.5 Å². The fraction of sp³-hybridized carbons (Fsp3) is 0.316. The molecule has 0 aromatic heterocycles. The first-order valence-electron chi connectivity index (χ1n) is 8.87. The molecule has 0 bridgehead atoms. The molecule has 1 N–H and O–H groups in total. The smallest absolute Gasteiger partial charge is 0.255 e. The van der Waals surface area contributed by atoms with Crippen molar-refractivity contribution in [2.45, 2.75) is 18.7 Å². The molecule has 9 heteroatoms. The maximum Gasteiger partial charge on any atom is 0.255 e. The van der Waals surface area contributed by atoms with E-state index in [4.69, 9.17) is 21.1 Å². The highest BCUT2D eigenvalue weighted by Gasteiger charge is 2.22. The van der Waals surface area contributed by atoms with Gasteiger partial charge in [-0.3, -0.25) is 4.79 Å². The summed E-state index contributed by atoms with van der Waals surface area (Å²) in [4.78, 5) is 12.7. The number of amides is 1. The monoisotopic (exact) mass is 424 g/mol. The van der Waals surface area contributed by atoms with Crippen LogP contribution in [0.2, 0.25) is 5.02 Å². The second-order valence-corrected chi connectivity index (χ2v) is 8.40. The first-order valence-corrected chi connectivity index (χ1v) is 10.7. The van der Waals surface area contributed by atoms with Crippen molar-refractivity contribution >= 4 is 33.2 Å². The van der Waals surface area contributed by atoms with E-state index in [1.807, 2.05) is 0 Å². The van der Waals surface area contributed by atoms with Crippen molar-refractivity contribution < 1.29 is 22.7 Å². The Morgan fingerprint density at radius 3 is 2.39 bits per heavy atom. The minimum absolute atomic E-state index is 0.177. The Morgan fingerprint density at radius 2 is 1.75 bits per heavy atom. The molecule has 2 aromatic rings. The Labute approximate surface area is 169 Å². The van der Waals surface area contributed by atoms with E-state index in [0.717, 1.165) is 0 Å². The minimum atomic E-state index is -3.54. The van der Waals surface area contributed by atoms with E-state index in [1.165, 1.54) is 22.5 Å². The Bertz CT molecular complexity index is 973. The zero-order chi connectivity index (χ0) is 20.3. The molecular weight excluding hydrogens is 404 g/mol. The summed E-state index contributed by atoms with van der Waals surface area (Å²) in [6.45, 7) is 5.14. The number of ether oxygens (including phenoxy) is 2. The molecular formula is C19H21ClN2O5S. The van der Waals surface area contributed by atoms with E-state index in [2.05, 4.69) is 5.32 Å². The van der Waals surface area contributed by atoms with Gasteiger partial charge < -0.3 is 14.8 Å². The first-order chi connectivity index (χ1) is 13.4. The highest BCUT2D eigenvalue weighted by atomic mass is 35.5. The van der Waals surface area contributed by atoms with Crippen molar-refractivity contribution in [2.24, 2.45) is 0 Å². The molecule has 0 spiro atoms. The Hall–Kier alpha value is -2.29. The van der Waals surface area contributed by atoms with Crippen LogP contribution in [0, 0.1) is 0 Å².